The van der Waals surface area contributed by atoms with Gasteiger partial charge in [0.15, 0.2) is 0 Å². The molecule has 1 aliphatic carbocycles. The van der Waals surface area contributed by atoms with Crippen molar-refractivity contribution in [1.29, 1.82) is 0 Å². The summed E-state index contributed by atoms with van der Waals surface area (Å²) in [5, 5.41) is 6.05. The van der Waals surface area contributed by atoms with Crippen LogP contribution in [-0.2, 0) is 6.42 Å². The maximum atomic E-state index is 12.0. The van der Waals surface area contributed by atoms with Gasteiger partial charge < -0.3 is 20.1 Å². The number of hydrogen-bond acceptors (Lipinski definition) is 3. The topological polar surface area (TPSA) is 59.6 Å². The van der Waals surface area contributed by atoms with Gasteiger partial charge in [-0.2, -0.15) is 0 Å². The molecule has 1 aliphatic heterocycles. The van der Waals surface area contributed by atoms with Crippen LogP contribution in [0.1, 0.15) is 31.2 Å². The van der Waals surface area contributed by atoms with E-state index < -0.39 is 0 Å². The minimum atomic E-state index is -0.0816. The Morgan fingerprint density at radius 2 is 2.00 bits per heavy atom. The second-order valence-corrected chi connectivity index (χ2v) is 5.78. The molecule has 1 aromatic rings. The van der Waals surface area contributed by atoms with Crippen LogP contribution in [0, 0.1) is 0 Å². The van der Waals surface area contributed by atoms with Crippen molar-refractivity contribution in [1.82, 2.24) is 10.6 Å². The molecule has 0 radical (unpaired) electrons. The third-order valence-corrected chi connectivity index (χ3v) is 4.20. The molecule has 3 rings (SSSR count). The minimum Gasteiger partial charge on any atom is -0.497 e. The summed E-state index contributed by atoms with van der Waals surface area (Å²) in [6.07, 6.45) is 5.38. The fourth-order valence-electron chi connectivity index (χ4n) is 3.07. The van der Waals surface area contributed by atoms with Crippen molar-refractivity contribution in [3.05, 3.63) is 23.8 Å². The first-order valence-corrected chi connectivity index (χ1v) is 7.61. The second kappa shape index (κ2) is 6.24. The Balaban J connectivity index is 1.56. The number of carbonyl (C=O) groups is 1. The zero-order valence-corrected chi connectivity index (χ0v) is 12.4. The molecule has 5 nitrogen and oxygen atoms in total. The largest absolute Gasteiger partial charge is 0.497 e. The summed E-state index contributed by atoms with van der Waals surface area (Å²) < 4.78 is 10.9. The van der Waals surface area contributed by atoms with E-state index in [0.29, 0.717) is 12.6 Å². The van der Waals surface area contributed by atoms with Crippen LogP contribution >= 0.6 is 0 Å². The molecular formula is C16H22N2O3. The second-order valence-electron chi connectivity index (χ2n) is 5.78. The highest BCUT2D eigenvalue weighted by atomic mass is 16.5. The Kier molecular flexibility index (Phi) is 4.18. The van der Waals surface area contributed by atoms with E-state index in [2.05, 4.69) is 10.6 Å². The van der Waals surface area contributed by atoms with Gasteiger partial charge in [0.25, 0.3) is 0 Å². The molecule has 21 heavy (non-hydrogen) atoms. The SMILES string of the molecule is COc1ccc2c(c1)CC(NC(=O)NC1CCCC1)CO2. The first-order valence-electron chi connectivity index (χ1n) is 7.61. The molecule has 2 aliphatic rings. The summed E-state index contributed by atoms with van der Waals surface area (Å²) in [4.78, 5) is 12.0. The quantitative estimate of drug-likeness (QED) is 0.897. The van der Waals surface area contributed by atoms with Crippen LogP contribution in [0.3, 0.4) is 0 Å². The highest BCUT2D eigenvalue weighted by Crippen LogP contribution is 2.28. The zero-order valence-electron chi connectivity index (χ0n) is 12.4. The summed E-state index contributed by atoms with van der Waals surface area (Å²) in [6.45, 7) is 0.511. The van der Waals surface area contributed by atoms with Crippen molar-refractivity contribution < 1.29 is 14.3 Å². The van der Waals surface area contributed by atoms with Gasteiger partial charge in [-0.25, -0.2) is 4.79 Å². The molecule has 1 aromatic carbocycles. The van der Waals surface area contributed by atoms with Crippen molar-refractivity contribution in [2.45, 2.75) is 44.2 Å². The van der Waals surface area contributed by atoms with Gasteiger partial charge in [0, 0.05) is 6.04 Å². The highest BCUT2D eigenvalue weighted by Gasteiger charge is 2.23. The van der Waals surface area contributed by atoms with E-state index in [1.54, 1.807) is 7.11 Å². The number of carbonyl (C=O) groups excluding carboxylic acids is 1. The molecule has 0 saturated heterocycles. The molecular weight excluding hydrogens is 268 g/mol. The summed E-state index contributed by atoms with van der Waals surface area (Å²) in [6, 6.07) is 6.04. The van der Waals surface area contributed by atoms with E-state index in [9.17, 15) is 4.79 Å². The van der Waals surface area contributed by atoms with Gasteiger partial charge in [-0.05, 0) is 43.0 Å². The van der Waals surface area contributed by atoms with Gasteiger partial charge in [-0.3, -0.25) is 0 Å². The fourth-order valence-corrected chi connectivity index (χ4v) is 3.07. The van der Waals surface area contributed by atoms with Crippen molar-refractivity contribution in [3.8, 4) is 11.5 Å². The summed E-state index contributed by atoms with van der Waals surface area (Å²) in [5.41, 5.74) is 1.08. The summed E-state index contributed by atoms with van der Waals surface area (Å²) >= 11 is 0. The molecule has 0 aromatic heterocycles. The Bertz CT molecular complexity index is 512. The summed E-state index contributed by atoms with van der Waals surface area (Å²) in [7, 11) is 1.65. The molecule has 2 N–H and O–H groups in total. The number of amides is 2. The fraction of sp³-hybridized carbons (Fsp3) is 0.562. The average molecular weight is 290 g/mol. The number of methoxy groups -OCH3 is 1. The number of fused-ring (bicyclic) bond motifs is 1. The Hall–Kier alpha value is -1.91. The van der Waals surface area contributed by atoms with E-state index >= 15 is 0 Å². The van der Waals surface area contributed by atoms with Crippen LogP contribution in [0.5, 0.6) is 11.5 Å². The first-order chi connectivity index (χ1) is 10.2. The Morgan fingerprint density at radius 1 is 1.24 bits per heavy atom. The molecule has 0 bridgehead atoms. The average Bonchev–Trinajstić information content (AvgIpc) is 2.99. The summed E-state index contributed by atoms with van der Waals surface area (Å²) in [5.74, 6) is 1.69. The van der Waals surface area contributed by atoms with Crippen LogP contribution in [-0.4, -0.2) is 31.8 Å². The number of urea groups is 1. The molecule has 1 atom stereocenters. The molecule has 5 heteroatoms. The third-order valence-electron chi connectivity index (χ3n) is 4.20. The van der Waals surface area contributed by atoms with Gasteiger partial charge in [-0.15, -0.1) is 0 Å². The van der Waals surface area contributed by atoms with Crippen molar-refractivity contribution in [3.63, 3.8) is 0 Å². The molecule has 1 unspecified atom stereocenters. The van der Waals surface area contributed by atoms with E-state index in [-0.39, 0.29) is 12.1 Å². The van der Waals surface area contributed by atoms with Gasteiger partial charge in [0.2, 0.25) is 0 Å². The van der Waals surface area contributed by atoms with Crippen molar-refractivity contribution in [2.24, 2.45) is 0 Å². The number of benzene rings is 1. The monoisotopic (exact) mass is 290 g/mol. The van der Waals surface area contributed by atoms with Crippen LogP contribution in [0.2, 0.25) is 0 Å². The number of nitrogens with one attached hydrogen (secondary N) is 2. The lowest BCUT2D eigenvalue weighted by atomic mass is 10.0. The number of ether oxygens (including phenoxy) is 2. The maximum Gasteiger partial charge on any atom is 0.315 e. The van der Waals surface area contributed by atoms with Gasteiger partial charge in [0.1, 0.15) is 18.1 Å². The molecule has 1 saturated carbocycles. The van der Waals surface area contributed by atoms with E-state index in [1.807, 2.05) is 18.2 Å². The van der Waals surface area contributed by atoms with E-state index in [1.165, 1.54) is 12.8 Å². The van der Waals surface area contributed by atoms with Crippen LogP contribution in [0.4, 0.5) is 4.79 Å². The lowest BCUT2D eigenvalue weighted by Gasteiger charge is -2.27. The first kappa shape index (κ1) is 14.0. The molecule has 1 fully saturated rings. The van der Waals surface area contributed by atoms with Gasteiger partial charge in [-0.1, -0.05) is 12.8 Å². The molecule has 0 spiro atoms. The van der Waals surface area contributed by atoms with Crippen LogP contribution in [0.15, 0.2) is 18.2 Å². The van der Waals surface area contributed by atoms with Crippen LogP contribution < -0.4 is 20.1 Å². The van der Waals surface area contributed by atoms with Gasteiger partial charge >= 0.3 is 6.03 Å². The lowest BCUT2D eigenvalue weighted by Crippen LogP contribution is -2.49. The smallest absolute Gasteiger partial charge is 0.315 e. The zero-order chi connectivity index (χ0) is 14.7. The van der Waals surface area contributed by atoms with E-state index in [4.69, 9.17) is 9.47 Å². The van der Waals surface area contributed by atoms with Crippen molar-refractivity contribution >= 4 is 6.03 Å². The lowest BCUT2D eigenvalue weighted by molar-refractivity contribution is 0.211. The third kappa shape index (κ3) is 3.40. The molecule has 1 heterocycles. The standard InChI is InChI=1S/C16H22N2O3/c1-20-14-6-7-15-11(9-14)8-13(10-21-15)18-16(19)17-12-4-2-3-5-12/h6-7,9,12-13H,2-5,8,10H2,1H3,(H2,17,18,19). The molecule has 114 valence electrons. The van der Waals surface area contributed by atoms with E-state index in [0.717, 1.165) is 36.3 Å². The maximum absolute atomic E-state index is 12.0. The van der Waals surface area contributed by atoms with Crippen LogP contribution in [0.25, 0.3) is 0 Å². The highest BCUT2D eigenvalue weighted by molar-refractivity contribution is 5.74. The molecule has 2 amide bonds. The predicted molar refractivity (Wildman–Crippen MR) is 79.9 cm³/mol. The minimum absolute atomic E-state index is 0.00556. The van der Waals surface area contributed by atoms with Crippen molar-refractivity contribution in [2.75, 3.05) is 13.7 Å². The number of hydrogen-bond donors (Lipinski definition) is 2. The normalized spacial score (nSPS) is 21.3. The predicted octanol–water partition coefficient (Wildman–Crippen LogP) is 2.24. The Morgan fingerprint density at radius 3 is 2.76 bits per heavy atom. The van der Waals surface area contributed by atoms with Gasteiger partial charge in [0.05, 0.1) is 13.2 Å². The number of rotatable bonds is 3. The Labute approximate surface area is 125 Å².